The molecular formula is C20H29N3O. The van der Waals surface area contributed by atoms with Gasteiger partial charge >= 0.3 is 0 Å². The smallest absolute Gasteiger partial charge is 0.253 e. The van der Waals surface area contributed by atoms with Gasteiger partial charge in [0.1, 0.15) is 0 Å². The van der Waals surface area contributed by atoms with E-state index in [1.54, 1.807) is 6.20 Å². The summed E-state index contributed by atoms with van der Waals surface area (Å²) in [5.74, 6) is 0.0272. The summed E-state index contributed by atoms with van der Waals surface area (Å²) < 4.78 is 2.15. The molecule has 0 aliphatic heterocycles. The fourth-order valence-corrected chi connectivity index (χ4v) is 3.00. The molecule has 130 valence electrons. The second-order valence-corrected chi connectivity index (χ2v) is 6.56. The molecule has 2 aromatic rings. The van der Waals surface area contributed by atoms with Crippen molar-refractivity contribution in [3.8, 4) is 0 Å². The molecule has 1 amide bonds. The van der Waals surface area contributed by atoms with Crippen LogP contribution in [0.2, 0.25) is 0 Å². The Morgan fingerprint density at radius 2 is 2.08 bits per heavy atom. The van der Waals surface area contributed by atoms with Gasteiger partial charge in [0.15, 0.2) is 0 Å². The molecule has 0 spiro atoms. The Morgan fingerprint density at radius 1 is 1.29 bits per heavy atom. The number of hydrogen-bond donors (Lipinski definition) is 1. The Balaban J connectivity index is 2.06. The number of pyridine rings is 1. The van der Waals surface area contributed by atoms with Crippen LogP contribution in [0.25, 0.3) is 0 Å². The summed E-state index contributed by atoms with van der Waals surface area (Å²) in [5, 5.41) is 3.13. The van der Waals surface area contributed by atoms with Gasteiger partial charge in [0.2, 0.25) is 0 Å². The molecule has 1 unspecified atom stereocenters. The Hall–Kier alpha value is -2.10. The summed E-state index contributed by atoms with van der Waals surface area (Å²) >= 11 is 0. The van der Waals surface area contributed by atoms with Gasteiger partial charge in [0, 0.05) is 23.6 Å². The Morgan fingerprint density at radius 3 is 2.75 bits per heavy atom. The first kappa shape index (κ1) is 18.2. The van der Waals surface area contributed by atoms with Crippen molar-refractivity contribution in [3.05, 3.63) is 53.1 Å². The van der Waals surface area contributed by atoms with Crippen molar-refractivity contribution >= 4 is 5.91 Å². The molecular weight excluding hydrogens is 298 g/mol. The van der Waals surface area contributed by atoms with Crippen molar-refractivity contribution in [2.45, 2.75) is 66.0 Å². The van der Waals surface area contributed by atoms with E-state index in [-0.39, 0.29) is 11.9 Å². The molecule has 24 heavy (non-hydrogen) atoms. The number of carbonyl (C=O) groups excluding carboxylic acids is 1. The molecule has 0 fully saturated rings. The van der Waals surface area contributed by atoms with Crippen molar-refractivity contribution in [2.24, 2.45) is 0 Å². The van der Waals surface area contributed by atoms with Gasteiger partial charge in [-0.15, -0.1) is 0 Å². The van der Waals surface area contributed by atoms with Crippen LogP contribution in [0.3, 0.4) is 0 Å². The van der Waals surface area contributed by atoms with E-state index in [2.05, 4.69) is 28.7 Å². The van der Waals surface area contributed by atoms with E-state index >= 15 is 0 Å². The number of nitrogens with one attached hydrogen (secondary N) is 1. The Kier molecular flexibility index (Phi) is 6.59. The molecule has 0 saturated heterocycles. The molecule has 4 heteroatoms. The van der Waals surface area contributed by atoms with E-state index in [0.717, 1.165) is 35.5 Å². The van der Waals surface area contributed by atoms with E-state index < -0.39 is 0 Å². The van der Waals surface area contributed by atoms with Crippen molar-refractivity contribution in [2.75, 3.05) is 0 Å². The van der Waals surface area contributed by atoms with Crippen LogP contribution in [0, 0.1) is 13.8 Å². The number of aromatic nitrogens is 2. The molecule has 0 radical (unpaired) electrons. The number of rotatable bonds is 8. The summed E-state index contributed by atoms with van der Waals surface area (Å²) in [6.45, 7) is 9.02. The van der Waals surface area contributed by atoms with E-state index in [1.165, 1.54) is 12.8 Å². The minimum absolute atomic E-state index is 0.0272. The normalized spacial score (nSPS) is 12.2. The number of nitrogens with zero attached hydrogens (tertiary/aromatic N) is 2. The lowest BCUT2D eigenvalue weighted by atomic mass is 10.1. The average Bonchev–Trinajstić information content (AvgIpc) is 2.84. The maximum atomic E-state index is 12.6. The van der Waals surface area contributed by atoms with Gasteiger partial charge in [-0.2, -0.15) is 0 Å². The van der Waals surface area contributed by atoms with Crippen LogP contribution in [0.15, 0.2) is 30.5 Å². The van der Waals surface area contributed by atoms with Crippen LogP contribution in [0.1, 0.15) is 67.0 Å². The number of carbonyl (C=O) groups is 1. The average molecular weight is 327 g/mol. The molecule has 0 aliphatic rings. The summed E-state index contributed by atoms with van der Waals surface area (Å²) in [6.07, 6.45) is 6.42. The second-order valence-electron chi connectivity index (χ2n) is 6.56. The largest absolute Gasteiger partial charge is 0.350 e. The highest BCUT2D eigenvalue weighted by Gasteiger charge is 2.17. The summed E-state index contributed by atoms with van der Waals surface area (Å²) in [4.78, 5) is 17.0. The summed E-state index contributed by atoms with van der Waals surface area (Å²) in [7, 11) is 0. The van der Waals surface area contributed by atoms with Gasteiger partial charge in [-0.3, -0.25) is 9.78 Å². The van der Waals surface area contributed by atoms with E-state index in [1.807, 2.05) is 38.1 Å². The third-order valence-corrected chi connectivity index (χ3v) is 4.48. The number of amides is 1. The monoisotopic (exact) mass is 327 g/mol. The SMILES string of the molecule is CCCCCC(C)NC(=O)c1cc(C)n(Cc2ccccn2)c1C. The molecule has 4 nitrogen and oxygen atoms in total. The standard InChI is InChI=1S/C20H29N3O/c1-5-6-7-10-15(2)22-20(24)19-13-16(3)23(17(19)4)14-18-11-8-9-12-21-18/h8-9,11-13,15H,5-7,10,14H2,1-4H3,(H,22,24). The zero-order valence-electron chi connectivity index (χ0n) is 15.3. The van der Waals surface area contributed by atoms with Crippen molar-refractivity contribution in [1.82, 2.24) is 14.9 Å². The molecule has 0 aromatic carbocycles. The lowest BCUT2D eigenvalue weighted by molar-refractivity contribution is 0.0937. The van der Waals surface area contributed by atoms with Crippen LogP contribution in [-0.4, -0.2) is 21.5 Å². The van der Waals surface area contributed by atoms with Crippen LogP contribution < -0.4 is 5.32 Å². The third-order valence-electron chi connectivity index (χ3n) is 4.48. The lowest BCUT2D eigenvalue weighted by Gasteiger charge is -2.14. The minimum Gasteiger partial charge on any atom is -0.350 e. The fourth-order valence-electron chi connectivity index (χ4n) is 3.00. The van der Waals surface area contributed by atoms with Crippen LogP contribution >= 0.6 is 0 Å². The van der Waals surface area contributed by atoms with Crippen LogP contribution in [0.5, 0.6) is 0 Å². The molecule has 2 heterocycles. The molecule has 2 rings (SSSR count). The van der Waals surface area contributed by atoms with Crippen molar-refractivity contribution < 1.29 is 4.79 Å². The number of aryl methyl sites for hydroxylation is 1. The highest BCUT2D eigenvalue weighted by atomic mass is 16.1. The van der Waals surface area contributed by atoms with Gasteiger partial charge < -0.3 is 9.88 Å². The predicted molar refractivity (Wildman–Crippen MR) is 98.3 cm³/mol. The fraction of sp³-hybridized carbons (Fsp3) is 0.500. The maximum absolute atomic E-state index is 12.6. The highest BCUT2D eigenvalue weighted by molar-refractivity contribution is 5.95. The molecule has 0 saturated carbocycles. The zero-order valence-corrected chi connectivity index (χ0v) is 15.3. The lowest BCUT2D eigenvalue weighted by Crippen LogP contribution is -2.32. The third kappa shape index (κ3) is 4.70. The van der Waals surface area contributed by atoms with E-state index in [9.17, 15) is 4.79 Å². The molecule has 2 aromatic heterocycles. The van der Waals surface area contributed by atoms with E-state index in [4.69, 9.17) is 0 Å². The first-order chi connectivity index (χ1) is 11.5. The van der Waals surface area contributed by atoms with Crippen molar-refractivity contribution in [3.63, 3.8) is 0 Å². The Labute approximate surface area is 145 Å². The van der Waals surface area contributed by atoms with Crippen LogP contribution in [-0.2, 0) is 6.54 Å². The molecule has 1 N–H and O–H groups in total. The van der Waals surface area contributed by atoms with Gasteiger partial charge in [-0.1, -0.05) is 32.3 Å². The molecule has 1 atom stereocenters. The number of unbranched alkanes of at least 4 members (excludes halogenated alkanes) is 2. The number of hydrogen-bond acceptors (Lipinski definition) is 2. The van der Waals surface area contributed by atoms with E-state index in [0.29, 0.717) is 6.54 Å². The minimum atomic E-state index is 0.0272. The van der Waals surface area contributed by atoms with Gasteiger partial charge in [0.05, 0.1) is 17.8 Å². The first-order valence-corrected chi connectivity index (χ1v) is 8.90. The highest BCUT2D eigenvalue weighted by Crippen LogP contribution is 2.17. The summed E-state index contributed by atoms with van der Waals surface area (Å²) in [5.41, 5.74) is 3.85. The van der Waals surface area contributed by atoms with Crippen LogP contribution in [0.4, 0.5) is 0 Å². The molecule has 0 aliphatic carbocycles. The quantitative estimate of drug-likeness (QED) is 0.737. The first-order valence-electron chi connectivity index (χ1n) is 8.90. The Bertz CT molecular complexity index is 661. The van der Waals surface area contributed by atoms with Crippen molar-refractivity contribution in [1.29, 1.82) is 0 Å². The summed E-state index contributed by atoms with van der Waals surface area (Å²) in [6, 6.07) is 8.10. The molecule has 0 bridgehead atoms. The zero-order chi connectivity index (χ0) is 17.5. The topological polar surface area (TPSA) is 46.9 Å². The second kappa shape index (κ2) is 8.67. The van der Waals surface area contributed by atoms with Gasteiger partial charge in [-0.25, -0.2) is 0 Å². The van der Waals surface area contributed by atoms with Gasteiger partial charge in [-0.05, 0) is 45.4 Å². The predicted octanol–water partition coefficient (Wildman–Crippen LogP) is 4.25. The maximum Gasteiger partial charge on any atom is 0.253 e. The van der Waals surface area contributed by atoms with Gasteiger partial charge in [0.25, 0.3) is 5.91 Å².